The zero-order chi connectivity index (χ0) is 14.3. The van der Waals surface area contributed by atoms with E-state index in [0.29, 0.717) is 25.0 Å². The van der Waals surface area contributed by atoms with E-state index >= 15 is 0 Å². The zero-order valence-electron chi connectivity index (χ0n) is 11.1. The molecule has 0 aliphatic carbocycles. The highest BCUT2D eigenvalue weighted by Crippen LogP contribution is 2.10. The van der Waals surface area contributed by atoms with Gasteiger partial charge in [-0.05, 0) is 6.92 Å². The molecule has 0 amide bonds. The number of hydrogen-bond donors (Lipinski definition) is 3. The van der Waals surface area contributed by atoms with Crippen molar-refractivity contribution in [3.8, 4) is 6.01 Å². The third kappa shape index (κ3) is 6.15. The highest BCUT2D eigenvalue weighted by atomic mass is 32.2. The summed E-state index contributed by atoms with van der Waals surface area (Å²) in [7, 11) is -1.51. The topological polar surface area (TPSA) is 118 Å². The highest BCUT2D eigenvalue weighted by molar-refractivity contribution is 7.88. The van der Waals surface area contributed by atoms with Crippen LogP contribution in [-0.2, 0) is 10.0 Å². The molecule has 0 aromatic carbocycles. The third-order valence-electron chi connectivity index (χ3n) is 1.88. The largest absolute Gasteiger partial charge is 0.464 e. The number of rotatable bonds is 8. The van der Waals surface area contributed by atoms with E-state index in [9.17, 15) is 8.42 Å². The van der Waals surface area contributed by atoms with Crippen LogP contribution in [0.4, 0.5) is 11.9 Å². The molecular weight excluding hydrogens is 272 g/mol. The van der Waals surface area contributed by atoms with Crippen molar-refractivity contribution in [2.24, 2.45) is 0 Å². The molecule has 0 saturated carbocycles. The molecule has 0 atom stereocenters. The summed E-state index contributed by atoms with van der Waals surface area (Å²) < 4.78 is 29.3. The van der Waals surface area contributed by atoms with Crippen LogP contribution in [0.2, 0.25) is 0 Å². The molecule has 1 aromatic heterocycles. The summed E-state index contributed by atoms with van der Waals surface area (Å²) in [5.41, 5.74) is 0. The minimum Gasteiger partial charge on any atom is -0.464 e. The maximum Gasteiger partial charge on any atom is 0.323 e. The summed E-state index contributed by atoms with van der Waals surface area (Å²) in [6.07, 6.45) is 1.10. The van der Waals surface area contributed by atoms with Crippen molar-refractivity contribution >= 4 is 21.9 Å². The number of hydrogen-bond acceptors (Lipinski definition) is 8. The maximum absolute atomic E-state index is 10.9. The Morgan fingerprint density at radius 2 is 1.84 bits per heavy atom. The Morgan fingerprint density at radius 1 is 1.16 bits per heavy atom. The number of nitrogens with one attached hydrogen (secondary N) is 3. The van der Waals surface area contributed by atoms with E-state index in [0.717, 1.165) is 6.26 Å². The monoisotopic (exact) mass is 290 g/mol. The summed E-state index contributed by atoms with van der Waals surface area (Å²) in [5, 5.41) is 5.67. The van der Waals surface area contributed by atoms with Gasteiger partial charge in [0, 0.05) is 20.1 Å². The van der Waals surface area contributed by atoms with Crippen LogP contribution in [-0.4, -0.2) is 56.4 Å². The Morgan fingerprint density at radius 3 is 2.42 bits per heavy atom. The average Bonchev–Trinajstić information content (AvgIpc) is 2.34. The zero-order valence-corrected chi connectivity index (χ0v) is 11.9. The molecule has 0 unspecified atom stereocenters. The fourth-order valence-electron chi connectivity index (χ4n) is 1.15. The highest BCUT2D eigenvalue weighted by Gasteiger charge is 2.06. The quantitative estimate of drug-likeness (QED) is 0.536. The SMILES string of the molecule is CCOc1nc(NC)nc(NCCNS(C)(=O)=O)n1. The van der Waals surface area contributed by atoms with E-state index in [1.165, 1.54) is 0 Å². The molecule has 3 N–H and O–H groups in total. The van der Waals surface area contributed by atoms with Crippen molar-refractivity contribution in [3.63, 3.8) is 0 Å². The first-order valence-corrected chi connectivity index (χ1v) is 7.59. The third-order valence-corrected chi connectivity index (χ3v) is 2.61. The van der Waals surface area contributed by atoms with E-state index in [1.54, 1.807) is 7.05 Å². The Balaban J connectivity index is 2.59. The van der Waals surface area contributed by atoms with Gasteiger partial charge in [0.15, 0.2) is 0 Å². The smallest absolute Gasteiger partial charge is 0.323 e. The predicted octanol–water partition coefficient (Wildman–Crippen LogP) is -0.727. The van der Waals surface area contributed by atoms with Crippen molar-refractivity contribution in [2.75, 3.05) is 43.6 Å². The van der Waals surface area contributed by atoms with Crippen molar-refractivity contribution in [1.82, 2.24) is 19.7 Å². The molecule has 10 heteroatoms. The lowest BCUT2D eigenvalue weighted by atomic mass is 10.6. The van der Waals surface area contributed by atoms with Crippen molar-refractivity contribution in [1.29, 1.82) is 0 Å². The van der Waals surface area contributed by atoms with E-state index in [4.69, 9.17) is 4.74 Å². The van der Waals surface area contributed by atoms with Crippen LogP contribution in [0.25, 0.3) is 0 Å². The Hall–Kier alpha value is -1.68. The molecule has 1 heterocycles. The van der Waals surface area contributed by atoms with Gasteiger partial charge in [0.1, 0.15) is 0 Å². The lowest BCUT2D eigenvalue weighted by Crippen LogP contribution is -2.28. The first kappa shape index (κ1) is 15.4. The lowest BCUT2D eigenvalue weighted by molar-refractivity contribution is 0.312. The lowest BCUT2D eigenvalue weighted by Gasteiger charge is -2.08. The van der Waals surface area contributed by atoms with Crippen LogP contribution >= 0.6 is 0 Å². The predicted molar refractivity (Wildman–Crippen MR) is 71.9 cm³/mol. The molecular formula is C9H18N6O3S. The van der Waals surface area contributed by atoms with E-state index in [2.05, 4.69) is 30.3 Å². The second kappa shape index (κ2) is 7.04. The summed E-state index contributed by atoms with van der Waals surface area (Å²) in [6, 6.07) is 0.209. The van der Waals surface area contributed by atoms with Gasteiger partial charge in [-0.3, -0.25) is 0 Å². The fraction of sp³-hybridized carbons (Fsp3) is 0.667. The maximum atomic E-state index is 10.9. The van der Waals surface area contributed by atoms with Crippen LogP contribution in [0.15, 0.2) is 0 Å². The van der Waals surface area contributed by atoms with Gasteiger partial charge in [0.05, 0.1) is 12.9 Å². The first-order valence-electron chi connectivity index (χ1n) is 5.69. The van der Waals surface area contributed by atoms with Gasteiger partial charge in [-0.25, -0.2) is 13.1 Å². The van der Waals surface area contributed by atoms with Crippen molar-refractivity contribution in [3.05, 3.63) is 0 Å². The first-order chi connectivity index (χ1) is 8.94. The second-order valence-electron chi connectivity index (χ2n) is 3.54. The number of nitrogens with zero attached hydrogens (tertiary/aromatic N) is 3. The molecule has 1 aromatic rings. The summed E-state index contributed by atoms with van der Waals surface area (Å²) >= 11 is 0. The van der Waals surface area contributed by atoms with Crippen molar-refractivity contribution < 1.29 is 13.2 Å². The Labute approximate surface area is 112 Å². The van der Waals surface area contributed by atoms with Crippen LogP contribution in [0.5, 0.6) is 6.01 Å². The molecule has 0 saturated heterocycles. The van der Waals surface area contributed by atoms with E-state index in [1.807, 2.05) is 6.92 Å². The van der Waals surface area contributed by atoms with Crippen LogP contribution < -0.4 is 20.1 Å². The normalized spacial score (nSPS) is 11.1. The van der Waals surface area contributed by atoms with Crippen LogP contribution in [0, 0.1) is 0 Å². The molecule has 0 bridgehead atoms. The van der Waals surface area contributed by atoms with Crippen LogP contribution in [0.3, 0.4) is 0 Å². The second-order valence-corrected chi connectivity index (χ2v) is 5.37. The summed E-state index contributed by atoms with van der Waals surface area (Å²) in [6.45, 7) is 2.86. The molecule has 108 valence electrons. The van der Waals surface area contributed by atoms with Gasteiger partial charge >= 0.3 is 6.01 Å². The van der Waals surface area contributed by atoms with Gasteiger partial charge in [0.2, 0.25) is 21.9 Å². The Bertz CT molecular complexity index is 507. The number of ether oxygens (including phenoxy) is 1. The average molecular weight is 290 g/mol. The summed E-state index contributed by atoms with van der Waals surface area (Å²) in [5.74, 6) is 0.690. The molecule has 0 aliphatic heterocycles. The summed E-state index contributed by atoms with van der Waals surface area (Å²) in [4.78, 5) is 12.1. The number of sulfonamides is 1. The van der Waals surface area contributed by atoms with Gasteiger partial charge in [-0.2, -0.15) is 15.0 Å². The van der Waals surface area contributed by atoms with E-state index < -0.39 is 10.0 Å². The molecule has 0 fully saturated rings. The standard InChI is InChI=1S/C9H18N6O3S/c1-4-18-9-14-7(10-2)13-8(15-9)11-5-6-12-19(3,16)17/h12H,4-6H2,1-3H3,(H2,10,11,13,14,15). The van der Waals surface area contributed by atoms with Gasteiger partial charge in [-0.15, -0.1) is 0 Å². The molecule has 0 aliphatic rings. The minimum absolute atomic E-state index is 0.209. The van der Waals surface area contributed by atoms with Gasteiger partial charge in [0.25, 0.3) is 0 Å². The van der Waals surface area contributed by atoms with Crippen LogP contribution in [0.1, 0.15) is 6.92 Å². The minimum atomic E-state index is -3.19. The van der Waals surface area contributed by atoms with Gasteiger partial charge in [-0.1, -0.05) is 0 Å². The van der Waals surface area contributed by atoms with E-state index in [-0.39, 0.29) is 12.6 Å². The van der Waals surface area contributed by atoms with Crippen molar-refractivity contribution in [2.45, 2.75) is 6.92 Å². The molecule has 1 rings (SSSR count). The molecule has 0 radical (unpaired) electrons. The molecule has 9 nitrogen and oxygen atoms in total. The molecule has 19 heavy (non-hydrogen) atoms. The fourth-order valence-corrected chi connectivity index (χ4v) is 1.62. The Kier molecular flexibility index (Phi) is 5.70. The number of aromatic nitrogens is 3. The number of anilines is 2. The van der Waals surface area contributed by atoms with Gasteiger partial charge < -0.3 is 15.4 Å². The molecule has 0 spiro atoms.